The topological polar surface area (TPSA) is 67.1 Å². The Morgan fingerprint density at radius 3 is 2.89 bits per heavy atom. The van der Waals surface area contributed by atoms with Crippen LogP contribution in [0.4, 0.5) is 11.6 Å². The second-order valence-corrected chi connectivity index (χ2v) is 4.93. The lowest BCUT2D eigenvalue weighted by Gasteiger charge is -2.21. The Hall–Kier alpha value is -1.66. The van der Waals surface area contributed by atoms with Crippen LogP contribution in [0.5, 0.6) is 0 Å². The summed E-state index contributed by atoms with van der Waals surface area (Å²) in [5.41, 5.74) is 2.57. The van der Waals surface area contributed by atoms with E-state index in [4.69, 9.17) is 5.84 Å². The molecule has 18 heavy (non-hydrogen) atoms. The van der Waals surface area contributed by atoms with E-state index in [1.165, 1.54) is 4.88 Å². The number of aromatic nitrogens is 2. The maximum atomic E-state index is 5.41. The molecule has 0 aliphatic carbocycles. The fraction of sp³-hybridized carbons (Fsp3) is 0.333. The molecule has 0 saturated carbocycles. The van der Waals surface area contributed by atoms with Crippen LogP contribution >= 0.6 is 11.3 Å². The van der Waals surface area contributed by atoms with E-state index in [0.29, 0.717) is 11.6 Å². The Kier molecular flexibility index (Phi) is 4.11. The smallest absolute Gasteiger partial charge is 0.145 e. The predicted molar refractivity (Wildman–Crippen MR) is 75.6 cm³/mol. The van der Waals surface area contributed by atoms with Crippen LogP contribution in [0.15, 0.2) is 23.6 Å². The van der Waals surface area contributed by atoms with Crippen LogP contribution in [0.25, 0.3) is 0 Å². The first-order chi connectivity index (χ1) is 8.72. The van der Waals surface area contributed by atoms with Gasteiger partial charge in [-0.15, -0.1) is 11.3 Å². The van der Waals surface area contributed by atoms with Crippen molar-refractivity contribution >= 4 is 23.0 Å². The fourth-order valence-electron chi connectivity index (χ4n) is 1.73. The van der Waals surface area contributed by atoms with Crippen molar-refractivity contribution in [1.82, 2.24) is 9.97 Å². The van der Waals surface area contributed by atoms with Gasteiger partial charge in [-0.1, -0.05) is 6.07 Å². The molecule has 0 aromatic carbocycles. The van der Waals surface area contributed by atoms with E-state index >= 15 is 0 Å². The van der Waals surface area contributed by atoms with Crippen LogP contribution in [0.2, 0.25) is 0 Å². The molecule has 0 bridgehead atoms. The zero-order chi connectivity index (χ0) is 13.0. The molecule has 0 unspecified atom stereocenters. The quantitative estimate of drug-likeness (QED) is 0.639. The third-order valence-electron chi connectivity index (χ3n) is 2.60. The third kappa shape index (κ3) is 2.96. The van der Waals surface area contributed by atoms with Crippen LogP contribution in [0.1, 0.15) is 17.6 Å². The molecular formula is C12H17N5S. The highest BCUT2D eigenvalue weighted by Gasteiger charge is 2.09. The Bertz CT molecular complexity index is 497. The molecule has 0 aliphatic heterocycles. The number of nitrogens with two attached hydrogens (primary N) is 1. The lowest BCUT2D eigenvalue weighted by molar-refractivity contribution is 0.813. The SMILES string of the molecule is CCN(Cc1cccs1)c1cc(NN)nc(C)n1. The fourth-order valence-corrected chi connectivity index (χ4v) is 2.45. The molecule has 0 amide bonds. The molecule has 96 valence electrons. The van der Waals surface area contributed by atoms with E-state index in [2.05, 4.69) is 44.7 Å². The number of nitrogens with one attached hydrogen (secondary N) is 1. The average molecular weight is 263 g/mol. The normalized spacial score (nSPS) is 10.4. The molecule has 6 heteroatoms. The summed E-state index contributed by atoms with van der Waals surface area (Å²) in [5.74, 6) is 7.66. The van der Waals surface area contributed by atoms with Gasteiger partial charge in [0.25, 0.3) is 0 Å². The summed E-state index contributed by atoms with van der Waals surface area (Å²) in [7, 11) is 0. The van der Waals surface area contributed by atoms with E-state index in [0.717, 1.165) is 18.9 Å². The molecule has 0 aliphatic rings. The van der Waals surface area contributed by atoms with Crippen molar-refractivity contribution in [2.75, 3.05) is 16.9 Å². The number of nitrogen functional groups attached to an aromatic ring is 1. The number of thiophene rings is 1. The Morgan fingerprint density at radius 1 is 1.44 bits per heavy atom. The first-order valence-electron chi connectivity index (χ1n) is 5.82. The van der Waals surface area contributed by atoms with Crippen LogP contribution < -0.4 is 16.2 Å². The minimum absolute atomic E-state index is 0.641. The van der Waals surface area contributed by atoms with Crippen molar-refractivity contribution in [3.63, 3.8) is 0 Å². The van der Waals surface area contributed by atoms with Gasteiger partial charge in [-0.3, -0.25) is 0 Å². The summed E-state index contributed by atoms with van der Waals surface area (Å²) in [6.45, 7) is 5.72. The molecule has 2 aromatic rings. The minimum Gasteiger partial charge on any atom is -0.352 e. The summed E-state index contributed by atoms with van der Waals surface area (Å²) in [6.07, 6.45) is 0. The average Bonchev–Trinajstić information content (AvgIpc) is 2.88. The van der Waals surface area contributed by atoms with Gasteiger partial charge in [0.15, 0.2) is 0 Å². The Morgan fingerprint density at radius 2 is 2.28 bits per heavy atom. The van der Waals surface area contributed by atoms with Crippen molar-refractivity contribution in [1.29, 1.82) is 0 Å². The first kappa shape index (κ1) is 12.8. The lowest BCUT2D eigenvalue weighted by atomic mass is 10.3. The van der Waals surface area contributed by atoms with Crippen molar-refractivity contribution in [3.05, 3.63) is 34.3 Å². The van der Waals surface area contributed by atoms with Gasteiger partial charge in [0.1, 0.15) is 17.5 Å². The van der Waals surface area contributed by atoms with Crippen LogP contribution in [0.3, 0.4) is 0 Å². The number of aryl methyl sites for hydroxylation is 1. The summed E-state index contributed by atoms with van der Waals surface area (Å²) in [5, 5.41) is 2.08. The van der Waals surface area contributed by atoms with Gasteiger partial charge in [-0.05, 0) is 25.3 Å². The molecule has 3 N–H and O–H groups in total. The predicted octanol–water partition coefficient (Wildman–Crippen LogP) is 2.16. The molecule has 0 fully saturated rings. The number of hydrazine groups is 1. The maximum absolute atomic E-state index is 5.41. The molecule has 2 rings (SSSR count). The Labute approximate surface area is 111 Å². The van der Waals surface area contributed by atoms with Crippen LogP contribution in [0, 0.1) is 6.92 Å². The molecule has 2 aromatic heterocycles. The molecule has 0 radical (unpaired) electrons. The summed E-state index contributed by atoms with van der Waals surface area (Å²) in [4.78, 5) is 12.2. The first-order valence-corrected chi connectivity index (χ1v) is 6.70. The van der Waals surface area contributed by atoms with Crippen LogP contribution in [-0.4, -0.2) is 16.5 Å². The van der Waals surface area contributed by atoms with Crippen molar-refractivity contribution < 1.29 is 0 Å². The summed E-state index contributed by atoms with van der Waals surface area (Å²) in [6, 6.07) is 6.06. The van der Waals surface area contributed by atoms with E-state index in [-0.39, 0.29) is 0 Å². The molecule has 2 heterocycles. The Balaban J connectivity index is 2.24. The molecular weight excluding hydrogens is 246 g/mol. The molecule has 5 nitrogen and oxygen atoms in total. The van der Waals surface area contributed by atoms with Gasteiger partial charge in [0.2, 0.25) is 0 Å². The third-order valence-corrected chi connectivity index (χ3v) is 3.47. The highest BCUT2D eigenvalue weighted by molar-refractivity contribution is 7.09. The van der Waals surface area contributed by atoms with E-state index in [9.17, 15) is 0 Å². The van der Waals surface area contributed by atoms with Crippen molar-refractivity contribution in [3.8, 4) is 0 Å². The second kappa shape index (κ2) is 5.79. The van der Waals surface area contributed by atoms with Gasteiger partial charge in [0, 0.05) is 17.5 Å². The van der Waals surface area contributed by atoms with Gasteiger partial charge in [-0.2, -0.15) is 0 Å². The highest BCUT2D eigenvalue weighted by atomic mass is 32.1. The summed E-state index contributed by atoms with van der Waals surface area (Å²) < 4.78 is 0. The van der Waals surface area contributed by atoms with Gasteiger partial charge in [-0.25, -0.2) is 15.8 Å². The van der Waals surface area contributed by atoms with Gasteiger partial charge in [0.05, 0.1) is 6.54 Å². The zero-order valence-electron chi connectivity index (χ0n) is 10.6. The van der Waals surface area contributed by atoms with E-state index in [1.807, 2.05) is 13.0 Å². The molecule has 0 spiro atoms. The van der Waals surface area contributed by atoms with E-state index in [1.54, 1.807) is 11.3 Å². The van der Waals surface area contributed by atoms with Gasteiger partial charge >= 0.3 is 0 Å². The minimum atomic E-state index is 0.641. The highest BCUT2D eigenvalue weighted by Crippen LogP contribution is 2.19. The lowest BCUT2D eigenvalue weighted by Crippen LogP contribution is -2.23. The second-order valence-electron chi connectivity index (χ2n) is 3.90. The number of rotatable bonds is 5. The maximum Gasteiger partial charge on any atom is 0.145 e. The number of hydrogen-bond acceptors (Lipinski definition) is 6. The van der Waals surface area contributed by atoms with Crippen molar-refractivity contribution in [2.45, 2.75) is 20.4 Å². The molecule has 0 atom stereocenters. The zero-order valence-corrected chi connectivity index (χ0v) is 11.4. The van der Waals surface area contributed by atoms with Crippen LogP contribution in [-0.2, 0) is 6.54 Å². The monoisotopic (exact) mass is 263 g/mol. The standard InChI is InChI=1S/C12H17N5S/c1-3-17(8-10-5-4-6-18-10)12-7-11(16-13)14-9(2)15-12/h4-7H,3,8,13H2,1-2H3,(H,14,15,16). The largest absolute Gasteiger partial charge is 0.352 e. The molecule has 0 saturated heterocycles. The van der Waals surface area contributed by atoms with Crippen molar-refractivity contribution in [2.24, 2.45) is 5.84 Å². The number of nitrogens with zero attached hydrogens (tertiary/aromatic N) is 3. The van der Waals surface area contributed by atoms with Gasteiger partial charge < -0.3 is 10.3 Å². The number of hydrogen-bond donors (Lipinski definition) is 2. The van der Waals surface area contributed by atoms with E-state index < -0.39 is 0 Å². The number of anilines is 2. The summed E-state index contributed by atoms with van der Waals surface area (Å²) >= 11 is 1.75.